The quantitative estimate of drug-likeness (QED) is 0.140. The molecule has 0 aromatic heterocycles. The Morgan fingerprint density at radius 1 is 0.378 bits per heavy atom. The first-order valence-corrected chi connectivity index (χ1v) is 30.5. The van der Waals surface area contributed by atoms with Crippen molar-refractivity contribution in [3.05, 3.63) is 179 Å². The van der Waals surface area contributed by atoms with Gasteiger partial charge >= 0.3 is 0 Å². The molecule has 4 heterocycles. The lowest BCUT2D eigenvalue weighted by Crippen LogP contribution is -2.32. The molecule has 0 spiro atoms. The van der Waals surface area contributed by atoms with Gasteiger partial charge in [-0.3, -0.25) is 0 Å². The Hall–Kier alpha value is -5.30. The topological polar surface area (TPSA) is 49.9 Å². The largest absolute Gasteiger partial charge is 0.489 e. The second-order valence-electron chi connectivity index (χ2n) is 18.2. The average Bonchev–Trinajstić information content (AvgIpc) is 3.43. The van der Waals surface area contributed by atoms with E-state index in [0.29, 0.717) is 43.6 Å². The first-order valence-electron chi connectivity index (χ1n) is 24.7. The van der Waals surface area contributed by atoms with Gasteiger partial charge < -0.3 is 38.5 Å². The van der Waals surface area contributed by atoms with Crippen molar-refractivity contribution < 1.29 is 18.9 Å². The lowest BCUT2D eigenvalue weighted by Gasteiger charge is -2.34. The number of halogens is 3. The summed E-state index contributed by atoms with van der Waals surface area (Å²) in [6, 6.07) is 59.3. The number of benzene rings is 8. The highest BCUT2D eigenvalue weighted by Crippen LogP contribution is 2.53. The molecule has 8 aromatic rings. The van der Waals surface area contributed by atoms with Crippen LogP contribution >= 0.6 is 67.5 Å². The van der Waals surface area contributed by atoms with Crippen LogP contribution in [-0.4, -0.2) is 80.8 Å². The van der Waals surface area contributed by atoms with E-state index in [-0.39, 0.29) is 0 Å². The molecule has 8 nitrogen and oxygen atoms in total. The van der Waals surface area contributed by atoms with Crippen molar-refractivity contribution in [2.24, 2.45) is 0 Å². The Kier molecular flexibility index (Phi) is 17.0. The maximum absolute atomic E-state index is 6.48. The molecule has 0 bridgehead atoms. The van der Waals surface area contributed by atoms with Gasteiger partial charge in [0.15, 0.2) is 23.0 Å². The lowest BCUT2D eigenvalue weighted by atomic mass is 9.99. The maximum Gasteiger partial charge on any atom is 0.151 e. The number of fused-ring (bicyclic) bond motifs is 4. The van der Waals surface area contributed by atoms with Crippen LogP contribution in [-0.2, 0) is 0 Å². The standard InChI is InChI=1S/C30H30N2O2P2.C18H18Br2N2O2.C12H10ClP/c1-31-17-19-33-29-23(31)13-15-25(35-21-9-5-3-6-10-21)27(29)28-26(36-22-11-7-4-8-12-22)16-14-24-30(28)34-20-18-32(24)2;1-21-7-9-23-17-13(21)5-3-11(19)15(17)16-12(20)4-6-14-18(16)24-10-8-22(14)2;13-14(11-7-3-1-4-8-11)12-9-5-2-6-10-12/h3-16,35-36H,17-20H2,1-2H3;3-6H,7-10H2,1-2H3;1-10H. The number of ether oxygens (including phenoxy) is 4. The summed E-state index contributed by atoms with van der Waals surface area (Å²) in [6.45, 7) is 6.28. The minimum absolute atomic E-state index is 0.521. The third kappa shape index (κ3) is 11.4. The highest BCUT2D eigenvalue weighted by Gasteiger charge is 2.31. The fraction of sp³-hybridized carbons (Fsp3) is 0.200. The number of hydrogen-bond donors (Lipinski definition) is 0. The molecule has 14 heteroatoms. The molecule has 0 N–H and O–H groups in total. The SMILES string of the molecule is CN1CCOc2c1ccc(Br)c2-c1c(Br)ccc2c1OCCN2C.CN1CCOc2c1ccc(Pc1ccccc1)c2-c1c(Pc2ccccc2)ccc2c1OCCN2C.ClP(c1ccccc1)c1ccccc1. The van der Waals surface area contributed by atoms with Gasteiger partial charge in [-0.2, -0.15) is 0 Å². The van der Waals surface area contributed by atoms with E-state index in [1.807, 2.05) is 36.4 Å². The fourth-order valence-electron chi connectivity index (χ4n) is 9.44. The molecule has 0 fully saturated rings. The zero-order valence-electron chi connectivity index (χ0n) is 41.8. The number of nitrogens with zero attached hydrogens (tertiary/aromatic N) is 4. The van der Waals surface area contributed by atoms with Crippen molar-refractivity contribution in [3.63, 3.8) is 0 Å². The van der Waals surface area contributed by atoms with Crippen molar-refractivity contribution in [2.45, 2.75) is 0 Å². The third-order valence-electron chi connectivity index (χ3n) is 13.4. The second-order valence-corrected chi connectivity index (χ2v) is 25.3. The number of anilines is 4. The van der Waals surface area contributed by atoms with Crippen molar-refractivity contribution in [1.29, 1.82) is 0 Å². The Balaban J connectivity index is 0.000000141. The summed E-state index contributed by atoms with van der Waals surface area (Å²) >= 11 is 13.8. The molecule has 0 saturated heterocycles. The van der Waals surface area contributed by atoms with E-state index in [2.05, 4.69) is 213 Å². The zero-order chi connectivity index (χ0) is 51.1. The monoisotopic (exact) mass is 1180 g/mol. The van der Waals surface area contributed by atoms with E-state index < -0.39 is 7.27 Å². The molecule has 4 aliphatic heterocycles. The Morgan fingerprint density at radius 2 is 0.662 bits per heavy atom. The smallest absolute Gasteiger partial charge is 0.151 e. The van der Waals surface area contributed by atoms with Crippen molar-refractivity contribution >= 4 is 122 Å². The van der Waals surface area contributed by atoms with E-state index in [1.54, 1.807) is 0 Å². The summed E-state index contributed by atoms with van der Waals surface area (Å²) < 4.78 is 27.1. The molecular weight excluding hydrogens is 1130 g/mol. The van der Waals surface area contributed by atoms with Gasteiger partial charge in [-0.15, -0.1) is 0 Å². The van der Waals surface area contributed by atoms with Crippen molar-refractivity contribution in [1.82, 2.24) is 0 Å². The molecular formula is C60H58Br2ClN4O4P3. The van der Waals surface area contributed by atoms with Gasteiger partial charge in [0.1, 0.15) is 26.4 Å². The van der Waals surface area contributed by atoms with Crippen LogP contribution in [0.5, 0.6) is 23.0 Å². The zero-order valence-corrected chi connectivity index (χ0v) is 48.6. The van der Waals surface area contributed by atoms with Gasteiger partial charge in [0.2, 0.25) is 0 Å². The summed E-state index contributed by atoms with van der Waals surface area (Å²) in [5.41, 5.74) is 8.96. The van der Waals surface area contributed by atoms with Gasteiger partial charge in [0.25, 0.3) is 0 Å². The molecule has 74 heavy (non-hydrogen) atoms. The maximum atomic E-state index is 6.48. The van der Waals surface area contributed by atoms with E-state index in [4.69, 9.17) is 30.2 Å². The van der Waals surface area contributed by atoms with Crippen LogP contribution in [0, 0.1) is 0 Å². The van der Waals surface area contributed by atoms with Crippen LogP contribution in [0.2, 0.25) is 0 Å². The predicted octanol–water partition coefficient (Wildman–Crippen LogP) is 12.1. The second kappa shape index (κ2) is 24.1. The molecule has 378 valence electrons. The highest BCUT2D eigenvalue weighted by molar-refractivity contribution is 9.11. The van der Waals surface area contributed by atoms with Crippen LogP contribution in [0.15, 0.2) is 179 Å². The number of hydrogen-bond acceptors (Lipinski definition) is 8. The number of rotatable bonds is 8. The first-order chi connectivity index (χ1) is 36.1. The van der Waals surface area contributed by atoms with Crippen molar-refractivity contribution in [3.8, 4) is 45.3 Å². The molecule has 0 aliphatic carbocycles. The summed E-state index contributed by atoms with van der Waals surface area (Å²) in [5, 5.41) is 7.63. The molecule has 8 aromatic carbocycles. The summed E-state index contributed by atoms with van der Waals surface area (Å²) in [4.78, 5) is 9.06. The molecule has 2 atom stereocenters. The molecule has 4 aliphatic rings. The molecule has 0 amide bonds. The minimum atomic E-state index is -0.699. The van der Waals surface area contributed by atoms with E-state index in [9.17, 15) is 0 Å². The van der Waals surface area contributed by atoms with Gasteiger partial charge in [-0.25, -0.2) is 0 Å². The molecule has 12 rings (SSSR count). The highest BCUT2D eigenvalue weighted by atomic mass is 79.9. The summed E-state index contributed by atoms with van der Waals surface area (Å²) in [7, 11) is 8.85. The Bertz CT molecular complexity index is 3010. The van der Waals surface area contributed by atoms with Crippen molar-refractivity contribution in [2.75, 3.05) is 100 Å². The van der Waals surface area contributed by atoms with E-state index in [1.165, 1.54) is 43.0 Å². The van der Waals surface area contributed by atoms with Gasteiger partial charge in [0.05, 0.1) is 56.2 Å². The molecule has 0 radical (unpaired) electrons. The summed E-state index contributed by atoms with van der Waals surface area (Å²) in [6.07, 6.45) is 0. The summed E-state index contributed by atoms with van der Waals surface area (Å²) in [5.74, 6) is 3.77. The van der Waals surface area contributed by atoms with Crippen LogP contribution in [0.25, 0.3) is 22.3 Å². The Labute approximate surface area is 462 Å². The van der Waals surface area contributed by atoms with E-state index >= 15 is 0 Å². The molecule has 2 unspecified atom stereocenters. The minimum Gasteiger partial charge on any atom is -0.489 e. The van der Waals surface area contributed by atoms with Crippen LogP contribution in [0.3, 0.4) is 0 Å². The lowest BCUT2D eigenvalue weighted by molar-refractivity contribution is 0.307. The third-order valence-corrected chi connectivity index (χ3v) is 20.0. The van der Waals surface area contributed by atoms with Gasteiger partial charge in [-0.1, -0.05) is 194 Å². The fourth-order valence-corrected chi connectivity index (χ4v) is 14.7. The van der Waals surface area contributed by atoms with Gasteiger partial charge in [-0.05, 0) is 68.2 Å². The first kappa shape index (κ1) is 52.2. The van der Waals surface area contributed by atoms with E-state index in [0.717, 1.165) is 92.0 Å². The van der Waals surface area contributed by atoms with Crippen LogP contribution < -0.4 is 70.4 Å². The number of likely N-dealkylation sites (N-methyl/N-ethyl adjacent to an activating group) is 4. The average molecular weight is 1190 g/mol. The van der Waals surface area contributed by atoms with Crippen LogP contribution in [0.4, 0.5) is 22.7 Å². The van der Waals surface area contributed by atoms with Gasteiger partial charge in [0, 0.05) is 59.4 Å². The van der Waals surface area contributed by atoms with Crippen LogP contribution in [0.1, 0.15) is 0 Å². The normalized spacial score (nSPS) is 14.6. The Morgan fingerprint density at radius 3 is 0.986 bits per heavy atom. The predicted molar refractivity (Wildman–Crippen MR) is 327 cm³/mol. The molecule has 0 saturated carbocycles.